The fraction of sp³-hybridized carbons (Fsp3) is 0.357. The Morgan fingerprint density at radius 2 is 1.95 bits per heavy atom. The quantitative estimate of drug-likeness (QED) is 0.650. The summed E-state index contributed by atoms with van der Waals surface area (Å²) in [4.78, 5) is 20.3. The molecule has 1 amide bonds. The Labute approximate surface area is 137 Å². The number of hydrogen-bond acceptors (Lipinski definition) is 6. The second-order valence-electron chi connectivity index (χ2n) is 4.50. The molecular weight excluding hydrogens is 350 g/mol. The molecule has 0 atom stereocenters. The van der Waals surface area contributed by atoms with Gasteiger partial charge in [-0.2, -0.15) is 0 Å². The van der Waals surface area contributed by atoms with Crippen LogP contribution in [0, 0.1) is 6.92 Å². The van der Waals surface area contributed by atoms with Crippen molar-refractivity contribution in [2.24, 2.45) is 0 Å². The smallest absolute Gasteiger partial charge is 0.287 e. The molecule has 0 saturated heterocycles. The summed E-state index contributed by atoms with van der Waals surface area (Å²) in [5, 5.41) is 9.06. The van der Waals surface area contributed by atoms with Crippen molar-refractivity contribution < 1.29 is 9.21 Å². The summed E-state index contributed by atoms with van der Waals surface area (Å²) in [7, 11) is 0. The molecule has 0 aromatic carbocycles. The molecule has 0 aliphatic rings. The molecule has 3 N–H and O–H groups in total. The van der Waals surface area contributed by atoms with Crippen molar-refractivity contribution in [2.75, 3.05) is 30.3 Å². The van der Waals surface area contributed by atoms with E-state index in [2.05, 4.69) is 41.8 Å². The van der Waals surface area contributed by atoms with Gasteiger partial charge in [-0.05, 0) is 41.9 Å². The lowest BCUT2D eigenvalue weighted by atomic mass is 10.4. The van der Waals surface area contributed by atoms with Gasteiger partial charge in [0, 0.05) is 25.7 Å². The van der Waals surface area contributed by atoms with Crippen LogP contribution in [0.3, 0.4) is 0 Å². The summed E-state index contributed by atoms with van der Waals surface area (Å²) in [6.07, 6.45) is 0. The van der Waals surface area contributed by atoms with Crippen LogP contribution in [-0.2, 0) is 0 Å². The highest BCUT2D eigenvalue weighted by Crippen LogP contribution is 2.13. The Morgan fingerprint density at radius 3 is 2.59 bits per heavy atom. The van der Waals surface area contributed by atoms with E-state index in [-0.39, 0.29) is 11.7 Å². The minimum atomic E-state index is -0.250. The monoisotopic (exact) mass is 367 g/mol. The summed E-state index contributed by atoms with van der Waals surface area (Å²) in [5.41, 5.74) is 0. The number of carbonyl (C=O) groups excluding carboxylic acids is 1. The zero-order valence-corrected chi connectivity index (χ0v) is 14.0. The van der Waals surface area contributed by atoms with Crippen molar-refractivity contribution >= 4 is 33.5 Å². The third-order valence-corrected chi connectivity index (χ3v) is 3.14. The standard InChI is InChI=1S/C14H18BrN5O2/c1-3-16-12-8-13(20-9(2)19-12)17-6-7-18-14(21)10-4-5-11(15)22-10/h4-5,8H,3,6-7H2,1-2H3,(H,18,21)(H2,16,17,19,20). The van der Waals surface area contributed by atoms with Crippen molar-refractivity contribution in [2.45, 2.75) is 13.8 Å². The van der Waals surface area contributed by atoms with Crippen LogP contribution in [-0.4, -0.2) is 35.5 Å². The van der Waals surface area contributed by atoms with Gasteiger partial charge in [0.05, 0.1) is 0 Å². The highest BCUT2D eigenvalue weighted by Gasteiger charge is 2.09. The zero-order chi connectivity index (χ0) is 15.9. The number of nitrogens with one attached hydrogen (secondary N) is 3. The Balaban J connectivity index is 1.80. The Hall–Kier alpha value is -2.09. The normalized spacial score (nSPS) is 10.3. The summed E-state index contributed by atoms with van der Waals surface area (Å²) < 4.78 is 5.71. The van der Waals surface area contributed by atoms with E-state index in [1.165, 1.54) is 0 Å². The predicted molar refractivity (Wildman–Crippen MR) is 88.2 cm³/mol. The number of carbonyl (C=O) groups is 1. The topological polar surface area (TPSA) is 92.1 Å². The maximum Gasteiger partial charge on any atom is 0.287 e. The van der Waals surface area contributed by atoms with Gasteiger partial charge in [-0.3, -0.25) is 4.79 Å². The lowest BCUT2D eigenvalue weighted by Gasteiger charge is -2.09. The number of rotatable bonds is 7. The maximum absolute atomic E-state index is 11.8. The van der Waals surface area contributed by atoms with Crippen LogP contribution < -0.4 is 16.0 Å². The summed E-state index contributed by atoms with van der Waals surface area (Å²) in [5.74, 6) is 2.21. The van der Waals surface area contributed by atoms with Gasteiger partial charge in [0.2, 0.25) is 0 Å². The molecule has 22 heavy (non-hydrogen) atoms. The van der Waals surface area contributed by atoms with E-state index in [1.54, 1.807) is 12.1 Å². The number of nitrogens with zero attached hydrogens (tertiary/aromatic N) is 2. The van der Waals surface area contributed by atoms with Gasteiger partial charge in [0.25, 0.3) is 5.91 Å². The van der Waals surface area contributed by atoms with Crippen LogP contribution in [0.5, 0.6) is 0 Å². The first-order valence-corrected chi connectivity index (χ1v) is 7.74. The number of aromatic nitrogens is 2. The van der Waals surface area contributed by atoms with E-state index in [0.717, 1.165) is 18.2 Å². The van der Waals surface area contributed by atoms with Crippen LogP contribution in [0.4, 0.5) is 11.6 Å². The average Bonchev–Trinajstić information content (AvgIpc) is 2.90. The number of anilines is 2. The van der Waals surface area contributed by atoms with Crippen LogP contribution >= 0.6 is 15.9 Å². The Kier molecular flexibility index (Phi) is 5.76. The van der Waals surface area contributed by atoms with E-state index in [4.69, 9.17) is 4.42 Å². The second kappa shape index (κ2) is 7.79. The third-order valence-electron chi connectivity index (χ3n) is 2.71. The predicted octanol–water partition coefficient (Wildman–Crippen LogP) is 2.41. The largest absolute Gasteiger partial charge is 0.444 e. The molecule has 0 radical (unpaired) electrons. The first kappa shape index (κ1) is 16.3. The summed E-state index contributed by atoms with van der Waals surface area (Å²) >= 11 is 3.16. The van der Waals surface area contributed by atoms with Crippen LogP contribution in [0.25, 0.3) is 0 Å². The first-order chi connectivity index (χ1) is 10.6. The van der Waals surface area contributed by atoms with Crippen molar-refractivity contribution in [3.8, 4) is 0 Å². The Bertz CT molecular complexity index is 644. The molecule has 0 saturated carbocycles. The first-order valence-electron chi connectivity index (χ1n) is 6.95. The van der Waals surface area contributed by atoms with Crippen LogP contribution in [0.2, 0.25) is 0 Å². The third kappa shape index (κ3) is 4.73. The molecular formula is C14H18BrN5O2. The fourth-order valence-electron chi connectivity index (χ4n) is 1.82. The molecule has 2 heterocycles. The molecule has 2 rings (SSSR count). The number of hydrogen-bond donors (Lipinski definition) is 3. The van der Waals surface area contributed by atoms with Crippen molar-refractivity contribution in [1.82, 2.24) is 15.3 Å². The maximum atomic E-state index is 11.8. The molecule has 2 aromatic heterocycles. The lowest BCUT2D eigenvalue weighted by Crippen LogP contribution is -2.28. The van der Waals surface area contributed by atoms with Crippen molar-refractivity contribution in [3.05, 3.63) is 34.5 Å². The molecule has 0 spiro atoms. The second-order valence-corrected chi connectivity index (χ2v) is 5.28. The lowest BCUT2D eigenvalue weighted by molar-refractivity contribution is 0.0926. The molecule has 0 aliphatic carbocycles. The van der Waals surface area contributed by atoms with E-state index >= 15 is 0 Å². The number of furan rings is 1. The molecule has 2 aromatic rings. The number of halogens is 1. The molecule has 7 nitrogen and oxygen atoms in total. The van der Waals surface area contributed by atoms with E-state index in [9.17, 15) is 4.79 Å². The van der Waals surface area contributed by atoms with Gasteiger partial charge in [-0.15, -0.1) is 0 Å². The minimum absolute atomic E-state index is 0.250. The van der Waals surface area contributed by atoms with Crippen molar-refractivity contribution in [3.63, 3.8) is 0 Å². The van der Waals surface area contributed by atoms with Gasteiger partial charge < -0.3 is 20.4 Å². The number of amides is 1. The van der Waals surface area contributed by atoms with Crippen molar-refractivity contribution in [1.29, 1.82) is 0 Å². The Morgan fingerprint density at radius 1 is 1.23 bits per heavy atom. The van der Waals surface area contributed by atoms with Gasteiger partial charge in [0.1, 0.15) is 17.5 Å². The zero-order valence-electron chi connectivity index (χ0n) is 12.4. The summed E-state index contributed by atoms with van der Waals surface area (Å²) in [6.45, 7) is 5.65. The van der Waals surface area contributed by atoms with Gasteiger partial charge in [0.15, 0.2) is 10.4 Å². The van der Waals surface area contributed by atoms with Gasteiger partial charge in [-0.1, -0.05) is 0 Å². The molecule has 0 aliphatic heterocycles. The van der Waals surface area contributed by atoms with Crippen LogP contribution in [0.15, 0.2) is 27.3 Å². The molecule has 8 heteroatoms. The highest BCUT2D eigenvalue weighted by molar-refractivity contribution is 9.10. The summed E-state index contributed by atoms with van der Waals surface area (Å²) in [6, 6.07) is 5.13. The van der Waals surface area contributed by atoms with E-state index in [1.807, 2.05) is 19.9 Å². The van der Waals surface area contributed by atoms with Gasteiger partial charge >= 0.3 is 0 Å². The van der Waals surface area contributed by atoms with E-state index < -0.39 is 0 Å². The SMILES string of the molecule is CCNc1cc(NCCNC(=O)c2ccc(Br)o2)nc(C)n1. The average molecular weight is 368 g/mol. The van der Waals surface area contributed by atoms with Gasteiger partial charge in [-0.25, -0.2) is 9.97 Å². The number of aryl methyl sites for hydroxylation is 1. The molecule has 0 unspecified atom stereocenters. The molecule has 0 fully saturated rings. The highest BCUT2D eigenvalue weighted by atomic mass is 79.9. The molecule has 0 bridgehead atoms. The van der Waals surface area contributed by atoms with E-state index in [0.29, 0.717) is 23.6 Å². The van der Waals surface area contributed by atoms with Crippen LogP contribution in [0.1, 0.15) is 23.3 Å². The fourth-order valence-corrected chi connectivity index (χ4v) is 2.13. The molecule has 118 valence electrons. The minimum Gasteiger partial charge on any atom is -0.444 e.